The molecule has 29 atom stereocenters. The van der Waals surface area contributed by atoms with E-state index in [1.54, 1.807) is 0 Å². The summed E-state index contributed by atoms with van der Waals surface area (Å²) in [5.41, 5.74) is -2.26. The number of carboxylic acids is 1. The largest absolute Gasteiger partial charge is 0.479 e. The topological polar surface area (TPSA) is 391 Å². The second-order valence-corrected chi connectivity index (χ2v) is 26.1. The van der Waals surface area contributed by atoms with E-state index in [0.29, 0.717) is 64.2 Å². The highest BCUT2D eigenvalue weighted by atomic mass is 16.8. The standard InChI is InChI=1S/C54H86O24/c1-22-30(58)32(60)37(65)44(71-22)75-40-26(20-56)73-46(39(67)36(40)64)78-48(70)54-16-14-49(2,3)18-24(54)23-8-9-28-50(4)12-11-29(51(5,21-57)27(50)10-13-53(28,7)52(23,6)15-17-54)74-47-42(35(63)34(62)41(76-47)43(68)69)77-45-38(66)33(61)31(59)25(19-55)72-45/h8,22,24-42,44-47,55-67H,9-21H2,1-7H3,(H,68,69). The summed E-state index contributed by atoms with van der Waals surface area (Å²) in [6.45, 7) is 12.7. The average molecular weight is 1120 g/mol. The molecule has 0 aromatic carbocycles. The van der Waals surface area contributed by atoms with Crippen molar-refractivity contribution in [2.75, 3.05) is 19.8 Å². The van der Waals surface area contributed by atoms with Crippen molar-refractivity contribution in [2.24, 2.45) is 50.2 Å². The molecule has 4 saturated heterocycles. The van der Waals surface area contributed by atoms with Gasteiger partial charge in [0.1, 0.15) is 85.5 Å². The zero-order valence-electron chi connectivity index (χ0n) is 45.5. The van der Waals surface area contributed by atoms with E-state index in [1.807, 2.05) is 6.92 Å². The lowest BCUT2D eigenvalue weighted by molar-refractivity contribution is -0.375. The van der Waals surface area contributed by atoms with Crippen LogP contribution in [0.5, 0.6) is 0 Å². The molecule has 78 heavy (non-hydrogen) atoms. The number of carbonyl (C=O) groups excluding carboxylic acids is 1. The second-order valence-electron chi connectivity index (χ2n) is 26.1. The lowest BCUT2D eigenvalue weighted by atomic mass is 9.33. The number of aliphatic hydroxyl groups is 13. The van der Waals surface area contributed by atoms with Gasteiger partial charge in [-0.05, 0) is 111 Å². The molecule has 24 heteroatoms. The molecule has 4 saturated carbocycles. The van der Waals surface area contributed by atoms with E-state index in [0.717, 1.165) is 5.57 Å². The van der Waals surface area contributed by atoms with Crippen LogP contribution in [-0.2, 0) is 47.5 Å². The summed E-state index contributed by atoms with van der Waals surface area (Å²) in [6, 6.07) is 0. The van der Waals surface area contributed by atoms with Crippen LogP contribution in [0.15, 0.2) is 11.6 Å². The first-order chi connectivity index (χ1) is 36.5. The molecule has 14 N–H and O–H groups in total. The number of carbonyl (C=O) groups is 2. The molecule has 0 radical (unpaired) electrons. The molecule has 0 aromatic heterocycles. The number of aliphatic carboxylic acids is 1. The predicted octanol–water partition coefficient (Wildman–Crippen LogP) is -1.94. The van der Waals surface area contributed by atoms with E-state index < -0.39 is 176 Å². The minimum Gasteiger partial charge on any atom is -0.479 e. The van der Waals surface area contributed by atoms with Gasteiger partial charge in [-0.2, -0.15) is 0 Å². The molecule has 9 aliphatic rings. The van der Waals surface area contributed by atoms with Gasteiger partial charge in [-0.15, -0.1) is 0 Å². The fraction of sp³-hybridized carbons (Fsp3) is 0.926. The quantitative estimate of drug-likeness (QED) is 0.0574. The highest BCUT2D eigenvalue weighted by Crippen LogP contribution is 2.76. The summed E-state index contributed by atoms with van der Waals surface area (Å²) in [4.78, 5) is 27.5. The third-order valence-electron chi connectivity index (χ3n) is 21.5. The van der Waals surface area contributed by atoms with Gasteiger partial charge in [-0.25, -0.2) is 4.79 Å². The van der Waals surface area contributed by atoms with Crippen LogP contribution >= 0.6 is 0 Å². The van der Waals surface area contributed by atoms with Crippen LogP contribution in [0.25, 0.3) is 0 Å². The molecule has 446 valence electrons. The highest BCUT2D eigenvalue weighted by molar-refractivity contribution is 5.79. The van der Waals surface area contributed by atoms with E-state index in [4.69, 9.17) is 37.9 Å². The molecule has 0 amide bonds. The monoisotopic (exact) mass is 1120 g/mol. The maximum atomic E-state index is 15.1. The van der Waals surface area contributed by atoms with E-state index in [1.165, 1.54) is 6.92 Å². The molecule has 4 heterocycles. The van der Waals surface area contributed by atoms with Gasteiger partial charge >= 0.3 is 11.9 Å². The Morgan fingerprint density at radius 3 is 1.82 bits per heavy atom. The van der Waals surface area contributed by atoms with Gasteiger partial charge in [0.05, 0.1) is 37.4 Å². The van der Waals surface area contributed by atoms with E-state index in [9.17, 15) is 76.3 Å². The van der Waals surface area contributed by atoms with Crippen molar-refractivity contribution in [1.29, 1.82) is 0 Å². The van der Waals surface area contributed by atoms with Crippen LogP contribution in [0.3, 0.4) is 0 Å². The molecule has 5 aliphatic carbocycles. The van der Waals surface area contributed by atoms with E-state index in [-0.39, 0.29) is 35.2 Å². The first-order valence-electron chi connectivity index (χ1n) is 27.8. The SMILES string of the molecule is CC1OC(OC2C(CO)OC(OC(=O)C34CCC(C)(C)CC3C3=CCC5C6(C)CCC(OC7OC(C(=O)O)C(O)C(O)C7OC7OC(CO)C(O)C(O)C7O)C(C)(CO)C6CCC5(C)C3(C)CC4)C(O)C2O)C(O)C(O)C1O. The molecule has 4 aliphatic heterocycles. The Bertz CT molecular complexity index is 2200. The Morgan fingerprint density at radius 2 is 1.18 bits per heavy atom. The van der Waals surface area contributed by atoms with Crippen molar-refractivity contribution in [3.8, 4) is 0 Å². The molecule has 8 fully saturated rings. The molecule has 0 spiro atoms. The third-order valence-corrected chi connectivity index (χ3v) is 21.5. The van der Waals surface area contributed by atoms with Crippen LogP contribution in [-0.4, -0.2) is 232 Å². The summed E-state index contributed by atoms with van der Waals surface area (Å²) in [5, 5.41) is 150. The number of aliphatic hydroxyl groups excluding tert-OH is 13. The number of hydrogen-bond acceptors (Lipinski definition) is 23. The maximum Gasteiger partial charge on any atom is 0.335 e. The van der Waals surface area contributed by atoms with E-state index >= 15 is 4.79 Å². The van der Waals surface area contributed by atoms with Gasteiger partial charge in [0, 0.05) is 5.41 Å². The lowest BCUT2D eigenvalue weighted by Crippen LogP contribution is -2.68. The van der Waals surface area contributed by atoms with Gasteiger partial charge in [-0.1, -0.05) is 53.2 Å². The molecule has 9 rings (SSSR count). The Labute approximate surface area is 453 Å². The fourth-order valence-corrected chi connectivity index (χ4v) is 16.5. The molecule has 0 bridgehead atoms. The van der Waals surface area contributed by atoms with E-state index in [2.05, 4.69) is 40.7 Å². The zero-order valence-corrected chi connectivity index (χ0v) is 45.5. The van der Waals surface area contributed by atoms with Gasteiger partial charge in [0.15, 0.2) is 25.0 Å². The molecule has 24 nitrogen and oxygen atoms in total. The summed E-state index contributed by atoms with van der Waals surface area (Å²) in [5.74, 6) is -2.64. The molecule has 0 aromatic rings. The first kappa shape index (κ1) is 60.5. The van der Waals surface area contributed by atoms with Gasteiger partial charge in [0.25, 0.3) is 0 Å². The second kappa shape index (κ2) is 21.8. The zero-order chi connectivity index (χ0) is 57.1. The summed E-state index contributed by atoms with van der Waals surface area (Å²) in [7, 11) is 0. The summed E-state index contributed by atoms with van der Waals surface area (Å²) < 4.78 is 47.4. The number of hydrogen-bond donors (Lipinski definition) is 14. The predicted molar refractivity (Wildman–Crippen MR) is 263 cm³/mol. The van der Waals surface area contributed by atoms with Crippen molar-refractivity contribution < 1.29 is 119 Å². The minimum absolute atomic E-state index is 0.0523. The third kappa shape index (κ3) is 9.63. The van der Waals surface area contributed by atoms with Gasteiger partial charge in [0.2, 0.25) is 6.29 Å². The lowest BCUT2D eigenvalue weighted by Gasteiger charge is -2.71. The molecule has 29 unspecified atom stereocenters. The maximum absolute atomic E-state index is 15.1. The number of fused-ring (bicyclic) bond motifs is 7. The van der Waals surface area contributed by atoms with Crippen molar-refractivity contribution in [3.05, 3.63) is 11.6 Å². The van der Waals surface area contributed by atoms with Crippen molar-refractivity contribution in [3.63, 3.8) is 0 Å². The van der Waals surface area contributed by atoms with Crippen LogP contribution in [0.2, 0.25) is 0 Å². The summed E-state index contributed by atoms with van der Waals surface area (Å²) in [6.07, 6.45) is -26.7. The number of esters is 1. The first-order valence-corrected chi connectivity index (χ1v) is 27.8. The fourth-order valence-electron chi connectivity index (χ4n) is 16.5. The number of ether oxygens (including phenoxy) is 8. The molecular weight excluding hydrogens is 1030 g/mol. The Kier molecular flexibility index (Phi) is 16.9. The molecular formula is C54H86O24. The summed E-state index contributed by atoms with van der Waals surface area (Å²) >= 11 is 0. The van der Waals surface area contributed by atoms with Crippen molar-refractivity contribution in [2.45, 2.75) is 242 Å². The Morgan fingerprint density at radius 1 is 0.590 bits per heavy atom. The van der Waals surface area contributed by atoms with Gasteiger partial charge < -0.3 is 109 Å². The van der Waals surface area contributed by atoms with Crippen LogP contribution in [0.4, 0.5) is 0 Å². The number of allylic oxidation sites excluding steroid dienone is 2. The average Bonchev–Trinajstić information content (AvgIpc) is 3.30. The van der Waals surface area contributed by atoms with Crippen LogP contribution < -0.4 is 0 Å². The highest BCUT2D eigenvalue weighted by Gasteiger charge is 2.71. The number of carboxylic acid groups (broad SMARTS) is 1. The van der Waals surface area contributed by atoms with Crippen molar-refractivity contribution >= 4 is 11.9 Å². The van der Waals surface area contributed by atoms with Gasteiger partial charge in [-0.3, -0.25) is 4.79 Å². The smallest absolute Gasteiger partial charge is 0.335 e. The Hall–Kier alpha value is -2.12. The normalized spacial score (nSPS) is 54.1. The van der Waals surface area contributed by atoms with Crippen LogP contribution in [0, 0.1) is 50.2 Å². The van der Waals surface area contributed by atoms with Crippen molar-refractivity contribution in [1.82, 2.24) is 0 Å². The minimum atomic E-state index is -2.05. The van der Waals surface area contributed by atoms with Crippen LogP contribution in [0.1, 0.15) is 113 Å². The number of rotatable bonds is 12. The Balaban J connectivity index is 0.951.